The molecule has 2 aromatic rings. The SMILES string of the molecule is CNc1ccc(Nc2ccc(C)cc2CP(=O)(O)O)cc1CC(C)C. The van der Waals surface area contributed by atoms with Gasteiger partial charge in [0.15, 0.2) is 0 Å². The van der Waals surface area contributed by atoms with Gasteiger partial charge in [-0.2, -0.15) is 0 Å². The first kappa shape index (κ1) is 19.5. The third-order valence-corrected chi connectivity index (χ3v) is 4.67. The standard InChI is InChI=1S/C19H27N2O3P/c1-13(2)9-15-11-17(6-8-18(15)20-4)21-19-7-5-14(3)10-16(19)12-25(22,23)24/h5-8,10-11,13,20-21H,9,12H2,1-4H3,(H2,22,23,24). The molecule has 0 aromatic heterocycles. The summed E-state index contributed by atoms with van der Waals surface area (Å²) in [6.45, 7) is 6.27. The van der Waals surface area contributed by atoms with Crippen LogP contribution in [0.25, 0.3) is 0 Å². The zero-order chi connectivity index (χ0) is 18.6. The highest BCUT2D eigenvalue weighted by molar-refractivity contribution is 7.50. The molecule has 2 rings (SSSR count). The molecule has 0 aliphatic carbocycles. The molecule has 0 fully saturated rings. The van der Waals surface area contributed by atoms with Gasteiger partial charge in [-0.1, -0.05) is 31.5 Å². The topological polar surface area (TPSA) is 81.6 Å². The van der Waals surface area contributed by atoms with E-state index in [1.807, 2.05) is 44.3 Å². The summed E-state index contributed by atoms with van der Waals surface area (Å²) in [6, 6.07) is 11.7. The zero-order valence-corrected chi connectivity index (χ0v) is 16.1. The van der Waals surface area contributed by atoms with Gasteiger partial charge in [-0.3, -0.25) is 4.57 Å². The lowest BCUT2D eigenvalue weighted by Crippen LogP contribution is -2.02. The molecule has 0 unspecified atom stereocenters. The van der Waals surface area contributed by atoms with Crippen LogP contribution in [0.3, 0.4) is 0 Å². The number of nitrogens with one attached hydrogen (secondary N) is 2. The maximum atomic E-state index is 11.4. The van der Waals surface area contributed by atoms with Gasteiger partial charge in [0.2, 0.25) is 0 Å². The summed E-state index contributed by atoms with van der Waals surface area (Å²) >= 11 is 0. The van der Waals surface area contributed by atoms with Crippen LogP contribution in [0, 0.1) is 12.8 Å². The predicted molar refractivity (Wildman–Crippen MR) is 105 cm³/mol. The number of rotatable bonds is 7. The molecule has 0 saturated carbocycles. The van der Waals surface area contributed by atoms with E-state index in [-0.39, 0.29) is 6.16 Å². The molecule has 2 aromatic carbocycles. The van der Waals surface area contributed by atoms with E-state index in [0.717, 1.165) is 29.0 Å². The largest absolute Gasteiger partial charge is 0.388 e. The van der Waals surface area contributed by atoms with Crippen LogP contribution in [0.4, 0.5) is 17.1 Å². The average Bonchev–Trinajstić information content (AvgIpc) is 2.48. The highest BCUT2D eigenvalue weighted by atomic mass is 31.2. The van der Waals surface area contributed by atoms with E-state index < -0.39 is 7.60 Å². The molecule has 0 atom stereocenters. The van der Waals surface area contributed by atoms with Gasteiger partial charge < -0.3 is 20.4 Å². The molecule has 0 bridgehead atoms. The van der Waals surface area contributed by atoms with E-state index in [4.69, 9.17) is 0 Å². The summed E-state index contributed by atoms with van der Waals surface area (Å²) in [5.74, 6) is 0.534. The van der Waals surface area contributed by atoms with Gasteiger partial charge in [-0.25, -0.2) is 0 Å². The fourth-order valence-electron chi connectivity index (χ4n) is 2.88. The first-order valence-corrected chi connectivity index (χ1v) is 10.2. The minimum Gasteiger partial charge on any atom is -0.388 e. The lowest BCUT2D eigenvalue weighted by atomic mass is 10.0. The van der Waals surface area contributed by atoms with Crippen LogP contribution in [-0.2, 0) is 17.1 Å². The fourth-order valence-corrected chi connectivity index (χ4v) is 3.58. The molecule has 0 amide bonds. The predicted octanol–water partition coefficient (Wildman–Crippen LogP) is 4.66. The quantitative estimate of drug-likeness (QED) is 0.539. The van der Waals surface area contributed by atoms with Crippen LogP contribution in [0.2, 0.25) is 0 Å². The van der Waals surface area contributed by atoms with E-state index in [1.165, 1.54) is 5.56 Å². The molecule has 0 spiro atoms. The van der Waals surface area contributed by atoms with Crippen LogP contribution >= 0.6 is 7.60 Å². The van der Waals surface area contributed by atoms with Crippen LogP contribution in [0.1, 0.15) is 30.5 Å². The third kappa shape index (κ3) is 5.89. The van der Waals surface area contributed by atoms with Crippen LogP contribution in [-0.4, -0.2) is 16.8 Å². The van der Waals surface area contributed by atoms with Crippen LogP contribution in [0.5, 0.6) is 0 Å². The van der Waals surface area contributed by atoms with E-state index in [1.54, 1.807) is 0 Å². The zero-order valence-electron chi connectivity index (χ0n) is 15.2. The molecular weight excluding hydrogens is 335 g/mol. The van der Waals surface area contributed by atoms with Crippen molar-refractivity contribution in [3.8, 4) is 0 Å². The second kappa shape index (κ2) is 8.05. The Bertz CT molecular complexity index is 784. The van der Waals surface area contributed by atoms with Gasteiger partial charge in [0.05, 0.1) is 6.16 Å². The normalized spacial score (nSPS) is 11.6. The molecule has 5 nitrogen and oxygen atoms in total. The summed E-state index contributed by atoms with van der Waals surface area (Å²) < 4.78 is 11.4. The van der Waals surface area contributed by atoms with Gasteiger partial charge >= 0.3 is 7.60 Å². The van der Waals surface area contributed by atoms with E-state index >= 15 is 0 Å². The highest BCUT2D eigenvalue weighted by Gasteiger charge is 2.17. The molecule has 0 aliphatic rings. The molecule has 0 heterocycles. The minimum absolute atomic E-state index is 0.273. The highest BCUT2D eigenvalue weighted by Crippen LogP contribution is 2.41. The lowest BCUT2D eigenvalue weighted by Gasteiger charge is -2.17. The lowest BCUT2D eigenvalue weighted by molar-refractivity contribution is 0.372. The number of hydrogen-bond acceptors (Lipinski definition) is 3. The number of anilines is 3. The second-order valence-corrected chi connectivity index (χ2v) is 8.47. The molecule has 0 radical (unpaired) electrons. The molecule has 0 saturated heterocycles. The maximum absolute atomic E-state index is 11.4. The molecule has 0 aliphatic heterocycles. The van der Waals surface area contributed by atoms with E-state index in [9.17, 15) is 14.4 Å². The third-order valence-electron chi connectivity index (χ3n) is 3.92. The Morgan fingerprint density at radius 2 is 1.72 bits per heavy atom. The van der Waals surface area contributed by atoms with Crippen LogP contribution < -0.4 is 10.6 Å². The Morgan fingerprint density at radius 1 is 1.04 bits per heavy atom. The first-order valence-electron chi connectivity index (χ1n) is 8.39. The smallest absolute Gasteiger partial charge is 0.329 e. The van der Waals surface area contributed by atoms with Gasteiger partial charge in [0.25, 0.3) is 0 Å². The first-order chi connectivity index (χ1) is 11.7. The van der Waals surface area contributed by atoms with Crippen LogP contribution in [0.15, 0.2) is 36.4 Å². The Balaban J connectivity index is 2.34. The van der Waals surface area contributed by atoms with Gasteiger partial charge in [0.1, 0.15) is 0 Å². The van der Waals surface area contributed by atoms with Crippen molar-refractivity contribution in [2.75, 3.05) is 17.7 Å². The second-order valence-electron chi connectivity index (χ2n) is 6.83. The Kier molecular flexibility index (Phi) is 6.28. The van der Waals surface area contributed by atoms with Crippen molar-refractivity contribution in [1.29, 1.82) is 0 Å². The molecule has 6 heteroatoms. The summed E-state index contributed by atoms with van der Waals surface area (Å²) in [5, 5.41) is 6.53. The summed E-state index contributed by atoms with van der Waals surface area (Å²) in [5.41, 5.74) is 5.54. The van der Waals surface area contributed by atoms with Gasteiger partial charge in [-0.15, -0.1) is 0 Å². The number of hydrogen-bond donors (Lipinski definition) is 4. The molecule has 136 valence electrons. The number of benzene rings is 2. The van der Waals surface area contributed by atoms with Gasteiger partial charge in [-0.05, 0) is 54.7 Å². The summed E-state index contributed by atoms with van der Waals surface area (Å²) in [7, 11) is -2.22. The van der Waals surface area contributed by atoms with Crippen molar-refractivity contribution in [1.82, 2.24) is 0 Å². The van der Waals surface area contributed by atoms with Gasteiger partial charge in [0, 0.05) is 24.1 Å². The fraction of sp³-hybridized carbons (Fsp3) is 0.368. The maximum Gasteiger partial charge on any atom is 0.329 e. The van der Waals surface area contributed by atoms with Crippen molar-refractivity contribution in [2.45, 2.75) is 33.4 Å². The van der Waals surface area contributed by atoms with Crippen molar-refractivity contribution in [3.63, 3.8) is 0 Å². The van der Waals surface area contributed by atoms with E-state index in [2.05, 4.69) is 30.5 Å². The Hall–Kier alpha value is -1.81. The van der Waals surface area contributed by atoms with Crippen molar-refractivity contribution in [2.24, 2.45) is 5.92 Å². The average molecular weight is 362 g/mol. The monoisotopic (exact) mass is 362 g/mol. The summed E-state index contributed by atoms with van der Waals surface area (Å²) in [6.07, 6.45) is 0.680. The molecular formula is C19H27N2O3P. The van der Waals surface area contributed by atoms with Crippen molar-refractivity contribution >= 4 is 24.7 Å². The summed E-state index contributed by atoms with van der Waals surface area (Å²) in [4.78, 5) is 18.7. The minimum atomic E-state index is -4.13. The molecule has 4 N–H and O–H groups in total. The van der Waals surface area contributed by atoms with Crippen molar-refractivity contribution < 1.29 is 14.4 Å². The Morgan fingerprint density at radius 3 is 2.32 bits per heavy atom. The molecule has 25 heavy (non-hydrogen) atoms. The Labute approximate surface area is 149 Å². The van der Waals surface area contributed by atoms with Crippen molar-refractivity contribution in [3.05, 3.63) is 53.1 Å². The number of aryl methyl sites for hydroxylation is 1. The van der Waals surface area contributed by atoms with E-state index in [0.29, 0.717) is 11.5 Å².